The monoisotopic (exact) mass is 261 g/mol. The summed E-state index contributed by atoms with van der Waals surface area (Å²) in [6.45, 7) is 3.89. The summed E-state index contributed by atoms with van der Waals surface area (Å²) in [5.74, 6) is 0.278. The Kier molecular flexibility index (Phi) is 4.76. The molecule has 5 heteroatoms. The van der Waals surface area contributed by atoms with Crippen LogP contribution < -0.4 is 5.73 Å². The molecule has 0 saturated carbocycles. The number of nitrogens with two attached hydrogens (primary N) is 1. The molecule has 1 rings (SSSR count). The summed E-state index contributed by atoms with van der Waals surface area (Å²) in [6.07, 6.45) is -4.58. The summed E-state index contributed by atoms with van der Waals surface area (Å²) in [5, 5.41) is 9.82. The molecule has 0 aliphatic heterocycles. The lowest BCUT2D eigenvalue weighted by molar-refractivity contribution is -0.137. The molecule has 1 aromatic carbocycles. The van der Waals surface area contributed by atoms with Crippen LogP contribution in [0.1, 0.15) is 37.4 Å². The summed E-state index contributed by atoms with van der Waals surface area (Å²) in [4.78, 5) is 0. The van der Waals surface area contributed by atoms with Crippen molar-refractivity contribution < 1.29 is 18.3 Å². The third kappa shape index (κ3) is 3.99. The minimum Gasteiger partial charge on any atom is -0.391 e. The first-order valence-electron chi connectivity index (χ1n) is 5.82. The SMILES string of the molecule is CC(C)C[C@@H](O)[C@@H](N)c1ccc(C(F)(F)F)cc1. The van der Waals surface area contributed by atoms with Gasteiger partial charge in [-0.15, -0.1) is 0 Å². The number of hydrogen-bond acceptors (Lipinski definition) is 2. The summed E-state index contributed by atoms with van der Waals surface area (Å²) in [5.41, 5.74) is 5.61. The molecule has 0 amide bonds. The van der Waals surface area contributed by atoms with Crippen LogP contribution in [0.2, 0.25) is 0 Å². The molecule has 3 N–H and O–H groups in total. The predicted octanol–water partition coefficient (Wildman–Crippen LogP) is 3.11. The Hall–Kier alpha value is -1.07. The fourth-order valence-electron chi connectivity index (χ4n) is 1.75. The van der Waals surface area contributed by atoms with E-state index < -0.39 is 23.9 Å². The van der Waals surface area contributed by atoms with Crippen LogP contribution in [0.4, 0.5) is 13.2 Å². The largest absolute Gasteiger partial charge is 0.416 e. The van der Waals surface area contributed by atoms with Gasteiger partial charge in [0.15, 0.2) is 0 Å². The topological polar surface area (TPSA) is 46.2 Å². The number of benzene rings is 1. The zero-order valence-corrected chi connectivity index (χ0v) is 10.4. The quantitative estimate of drug-likeness (QED) is 0.874. The molecule has 0 radical (unpaired) electrons. The third-order valence-corrected chi connectivity index (χ3v) is 2.75. The van der Waals surface area contributed by atoms with Crippen molar-refractivity contribution in [3.05, 3.63) is 35.4 Å². The lowest BCUT2D eigenvalue weighted by atomic mass is 9.95. The van der Waals surface area contributed by atoms with Gasteiger partial charge in [0.1, 0.15) is 0 Å². The maximum absolute atomic E-state index is 12.4. The van der Waals surface area contributed by atoms with Crippen molar-refractivity contribution in [3.8, 4) is 0 Å². The van der Waals surface area contributed by atoms with E-state index in [1.165, 1.54) is 12.1 Å². The maximum atomic E-state index is 12.4. The van der Waals surface area contributed by atoms with Crippen LogP contribution in [0.5, 0.6) is 0 Å². The Morgan fingerprint density at radius 2 is 1.67 bits per heavy atom. The standard InChI is InChI=1S/C13H18F3NO/c1-8(2)7-11(18)12(17)9-3-5-10(6-4-9)13(14,15)16/h3-6,8,11-12,18H,7,17H2,1-2H3/t11-,12+/m1/s1. The number of halogens is 3. The van der Waals surface area contributed by atoms with E-state index in [1.807, 2.05) is 13.8 Å². The van der Waals surface area contributed by atoms with Crippen molar-refractivity contribution in [3.63, 3.8) is 0 Å². The van der Waals surface area contributed by atoms with E-state index in [9.17, 15) is 18.3 Å². The van der Waals surface area contributed by atoms with Crippen molar-refractivity contribution in [1.29, 1.82) is 0 Å². The normalized spacial score (nSPS) is 15.8. The van der Waals surface area contributed by atoms with Crippen molar-refractivity contribution in [2.24, 2.45) is 11.7 Å². The van der Waals surface area contributed by atoms with E-state index >= 15 is 0 Å². The fraction of sp³-hybridized carbons (Fsp3) is 0.538. The van der Waals surface area contributed by atoms with Gasteiger partial charge in [0.05, 0.1) is 17.7 Å². The molecular formula is C13H18F3NO. The van der Waals surface area contributed by atoms with Crippen LogP contribution in [-0.4, -0.2) is 11.2 Å². The lowest BCUT2D eigenvalue weighted by Crippen LogP contribution is -2.27. The Bertz CT molecular complexity index is 373. The zero-order valence-electron chi connectivity index (χ0n) is 10.4. The second kappa shape index (κ2) is 5.71. The van der Waals surface area contributed by atoms with Crippen molar-refractivity contribution in [2.45, 2.75) is 38.6 Å². The van der Waals surface area contributed by atoms with E-state index in [2.05, 4.69) is 0 Å². The van der Waals surface area contributed by atoms with Gasteiger partial charge in [-0.2, -0.15) is 13.2 Å². The molecule has 2 nitrogen and oxygen atoms in total. The maximum Gasteiger partial charge on any atom is 0.416 e. The van der Waals surface area contributed by atoms with Gasteiger partial charge in [0.2, 0.25) is 0 Å². The molecule has 0 aliphatic rings. The molecular weight excluding hydrogens is 243 g/mol. The highest BCUT2D eigenvalue weighted by Crippen LogP contribution is 2.30. The van der Waals surface area contributed by atoms with Crippen LogP contribution in [0.3, 0.4) is 0 Å². The van der Waals surface area contributed by atoms with Gasteiger partial charge < -0.3 is 10.8 Å². The number of aliphatic hydroxyl groups excluding tert-OH is 1. The van der Waals surface area contributed by atoms with Crippen LogP contribution in [-0.2, 0) is 6.18 Å². The second-order valence-corrected chi connectivity index (χ2v) is 4.84. The van der Waals surface area contributed by atoms with Gasteiger partial charge in [-0.1, -0.05) is 26.0 Å². The Morgan fingerprint density at radius 3 is 2.06 bits per heavy atom. The molecule has 0 aliphatic carbocycles. The van der Waals surface area contributed by atoms with Crippen LogP contribution in [0, 0.1) is 5.92 Å². The van der Waals surface area contributed by atoms with Crippen molar-refractivity contribution in [2.75, 3.05) is 0 Å². The molecule has 0 aromatic heterocycles. The number of alkyl halides is 3. The Morgan fingerprint density at radius 1 is 1.17 bits per heavy atom. The van der Waals surface area contributed by atoms with Crippen molar-refractivity contribution in [1.82, 2.24) is 0 Å². The van der Waals surface area contributed by atoms with Gasteiger partial charge in [0, 0.05) is 0 Å². The van der Waals surface area contributed by atoms with Crippen molar-refractivity contribution >= 4 is 0 Å². The first kappa shape index (κ1) is 15.0. The number of aliphatic hydroxyl groups is 1. The van der Waals surface area contributed by atoms with Gasteiger partial charge in [0.25, 0.3) is 0 Å². The number of rotatable bonds is 4. The average molecular weight is 261 g/mol. The van der Waals surface area contributed by atoms with Gasteiger partial charge in [-0.05, 0) is 30.0 Å². The molecule has 0 spiro atoms. The Labute approximate surface area is 105 Å². The highest BCUT2D eigenvalue weighted by molar-refractivity contribution is 5.27. The second-order valence-electron chi connectivity index (χ2n) is 4.84. The highest BCUT2D eigenvalue weighted by Gasteiger charge is 2.30. The third-order valence-electron chi connectivity index (χ3n) is 2.75. The van der Waals surface area contributed by atoms with Crippen LogP contribution >= 0.6 is 0 Å². The van der Waals surface area contributed by atoms with Crippen LogP contribution in [0.25, 0.3) is 0 Å². The summed E-state index contributed by atoms with van der Waals surface area (Å²) in [7, 11) is 0. The fourth-order valence-corrected chi connectivity index (χ4v) is 1.75. The van der Waals surface area contributed by atoms with Gasteiger partial charge >= 0.3 is 6.18 Å². The van der Waals surface area contributed by atoms with E-state index in [1.54, 1.807) is 0 Å². The molecule has 18 heavy (non-hydrogen) atoms. The molecule has 0 fully saturated rings. The smallest absolute Gasteiger partial charge is 0.391 e. The van der Waals surface area contributed by atoms with E-state index in [-0.39, 0.29) is 5.92 Å². The Balaban J connectivity index is 2.79. The molecule has 0 unspecified atom stereocenters. The molecule has 1 aromatic rings. The average Bonchev–Trinajstić information content (AvgIpc) is 2.26. The minimum atomic E-state index is -4.35. The van der Waals surface area contributed by atoms with Gasteiger partial charge in [-0.25, -0.2) is 0 Å². The molecule has 2 atom stereocenters. The highest BCUT2D eigenvalue weighted by atomic mass is 19.4. The summed E-state index contributed by atoms with van der Waals surface area (Å²) >= 11 is 0. The lowest BCUT2D eigenvalue weighted by Gasteiger charge is -2.21. The van der Waals surface area contributed by atoms with Gasteiger partial charge in [-0.3, -0.25) is 0 Å². The molecule has 0 saturated heterocycles. The van der Waals surface area contributed by atoms with E-state index in [4.69, 9.17) is 5.73 Å². The molecule has 0 bridgehead atoms. The summed E-state index contributed by atoms with van der Waals surface area (Å²) in [6, 6.07) is 3.94. The zero-order chi connectivity index (χ0) is 13.9. The minimum absolute atomic E-state index is 0.278. The molecule has 0 heterocycles. The van der Waals surface area contributed by atoms with E-state index in [0.717, 1.165) is 12.1 Å². The van der Waals surface area contributed by atoms with E-state index in [0.29, 0.717) is 12.0 Å². The number of hydrogen-bond donors (Lipinski definition) is 2. The van der Waals surface area contributed by atoms with Crippen LogP contribution in [0.15, 0.2) is 24.3 Å². The predicted molar refractivity (Wildman–Crippen MR) is 63.8 cm³/mol. The molecule has 102 valence electrons. The first-order valence-corrected chi connectivity index (χ1v) is 5.82. The summed E-state index contributed by atoms with van der Waals surface area (Å²) < 4.78 is 37.1. The first-order chi connectivity index (χ1) is 8.21.